The lowest BCUT2D eigenvalue weighted by Gasteiger charge is -2.24. The van der Waals surface area contributed by atoms with Crippen LogP contribution in [0.4, 0.5) is 0 Å². The summed E-state index contributed by atoms with van der Waals surface area (Å²) in [5, 5.41) is 12.3. The number of furan rings is 1. The van der Waals surface area contributed by atoms with E-state index in [4.69, 9.17) is 9.40 Å². The number of nitrogens with zero attached hydrogens (tertiary/aromatic N) is 6. The minimum atomic E-state index is -0.0591. The van der Waals surface area contributed by atoms with Gasteiger partial charge in [0.15, 0.2) is 10.9 Å². The van der Waals surface area contributed by atoms with Crippen molar-refractivity contribution < 1.29 is 9.21 Å². The second-order valence-electron chi connectivity index (χ2n) is 9.39. The minimum Gasteiger partial charge on any atom is -0.461 e. The van der Waals surface area contributed by atoms with Gasteiger partial charge in [0.25, 0.3) is 5.91 Å². The number of carbonyl (C=O) groups excluding carboxylic acids is 1. The first-order valence-corrected chi connectivity index (χ1v) is 14.5. The number of aryl methyl sites for hydroxylation is 1. The molecule has 0 bridgehead atoms. The normalized spacial score (nSPS) is 11.3. The smallest absolute Gasteiger partial charge is 0.273 e. The van der Waals surface area contributed by atoms with E-state index in [9.17, 15) is 4.79 Å². The van der Waals surface area contributed by atoms with E-state index in [1.54, 1.807) is 6.26 Å². The zero-order valence-electron chi connectivity index (χ0n) is 22.2. The van der Waals surface area contributed by atoms with E-state index in [1.807, 2.05) is 83.5 Å². The largest absolute Gasteiger partial charge is 0.461 e. The summed E-state index contributed by atoms with van der Waals surface area (Å²) in [5.74, 6) is 1.79. The Bertz CT molecular complexity index is 1490. The average Bonchev–Trinajstić information content (AvgIpc) is 3.71. The molecule has 0 aliphatic rings. The Morgan fingerprint density at radius 1 is 1.00 bits per heavy atom. The molecule has 0 aliphatic carbocycles. The van der Waals surface area contributed by atoms with E-state index >= 15 is 0 Å². The number of thiazole rings is 1. The van der Waals surface area contributed by atoms with Gasteiger partial charge >= 0.3 is 0 Å². The molecule has 0 aliphatic heterocycles. The van der Waals surface area contributed by atoms with E-state index in [0.717, 1.165) is 28.0 Å². The minimum absolute atomic E-state index is 0.0591. The van der Waals surface area contributed by atoms with Gasteiger partial charge in [0.05, 0.1) is 12.0 Å². The van der Waals surface area contributed by atoms with Gasteiger partial charge in [0.2, 0.25) is 5.82 Å². The van der Waals surface area contributed by atoms with E-state index in [1.165, 1.54) is 28.7 Å². The summed E-state index contributed by atoms with van der Waals surface area (Å²) in [7, 11) is 4.02. The van der Waals surface area contributed by atoms with E-state index in [0.29, 0.717) is 36.1 Å². The van der Waals surface area contributed by atoms with Crippen molar-refractivity contribution in [1.29, 1.82) is 0 Å². The molecule has 0 unspecified atom stereocenters. The van der Waals surface area contributed by atoms with Crippen molar-refractivity contribution in [2.24, 2.45) is 0 Å². The molecule has 8 nitrogen and oxygen atoms in total. The topological polar surface area (TPSA) is 80.3 Å². The van der Waals surface area contributed by atoms with Gasteiger partial charge in [-0.1, -0.05) is 59.8 Å². The van der Waals surface area contributed by atoms with Crippen LogP contribution in [-0.2, 0) is 12.3 Å². The highest BCUT2D eigenvalue weighted by Crippen LogP contribution is 2.31. The fraction of sp³-hybridized carbons (Fsp3) is 0.241. The number of benzene rings is 2. The monoisotopic (exact) mass is 558 g/mol. The summed E-state index contributed by atoms with van der Waals surface area (Å²) >= 11 is 3.02. The van der Waals surface area contributed by atoms with Gasteiger partial charge in [-0.05, 0) is 50.8 Å². The maximum atomic E-state index is 13.5. The molecule has 0 saturated carbocycles. The Morgan fingerprint density at radius 3 is 2.51 bits per heavy atom. The quantitative estimate of drug-likeness (QED) is 0.190. The molecule has 39 heavy (non-hydrogen) atoms. The zero-order chi connectivity index (χ0) is 27.2. The molecule has 1 amide bonds. The molecule has 5 aromatic rings. The Kier molecular flexibility index (Phi) is 8.55. The second kappa shape index (κ2) is 12.4. The molecule has 3 aromatic heterocycles. The van der Waals surface area contributed by atoms with Crippen molar-refractivity contribution in [3.05, 3.63) is 100 Å². The van der Waals surface area contributed by atoms with Crippen molar-refractivity contribution in [3.8, 4) is 17.3 Å². The molecule has 0 saturated heterocycles. The Balaban J connectivity index is 1.33. The molecule has 10 heteroatoms. The van der Waals surface area contributed by atoms with Crippen LogP contribution in [0.25, 0.3) is 17.3 Å². The van der Waals surface area contributed by atoms with Crippen LogP contribution >= 0.6 is 23.1 Å². The van der Waals surface area contributed by atoms with Gasteiger partial charge in [-0.3, -0.25) is 9.36 Å². The molecule has 0 spiro atoms. The average molecular weight is 559 g/mol. The maximum Gasteiger partial charge on any atom is 0.273 e. The fourth-order valence-corrected chi connectivity index (χ4v) is 5.73. The van der Waals surface area contributed by atoms with Gasteiger partial charge in [0.1, 0.15) is 10.7 Å². The molecule has 5 rings (SSSR count). The number of aromatic nitrogens is 4. The predicted molar refractivity (Wildman–Crippen MR) is 155 cm³/mol. The molecule has 0 radical (unpaired) electrons. The maximum absolute atomic E-state index is 13.5. The van der Waals surface area contributed by atoms with E-state index < -0.39 is 0 Å². The molecular weight excluding hydrogens is 528 g/mol. The predicted octanol–water partition coefficient (Wildman–Crippen LogP) is 5.79. The molecule has 200 valence electrons. The molecule has 0 atom stereocenters. The van der Waals surface area contributed by atoms with Crippen LogP contribution in [0, 0.1) is 6.92 Å². The highest BCUT2D eigenvalue weighted by atomic mass is 32.2. The fourth-order valence-electron chi connectivity index (χ4n) is 4.00. The first-order chi connectivity index (χ1) is 19.0. The van der Waals surface area contributed by atoms with Crippen LogP contribution in [-0.4, -0.2) is 62.6 Å². The first-order valence-electron chi connectivity index (χ1n) is 12.6. The van der Waals surface area contributed by atoms with Crippen LogP contribution < -0.4 is 0 Å². The van der Waals surface area contributed by atoms with Gasteiger partial charge in [0, 0.05) is 30.7 Å². The summed E-state index contributed by atoms with van der Waals surface area (Å²) in [6.07, 6.45) is 1.63. The number of carbonyl (C=O) groups is 1. The van der Waals surface area contributed by atoms with Crippen LogP contribution in [0.3, 0.4) is 0 Å². The highest BCUT2D eigenvalue weighted by Gasteiger charge is 2.21. The molecular formula is C29H30N6O2S2. The molecule has 0 fully saturated rings. The van der Waals surface area contributed by atoms with Crippen LogP contribution in [0.1, 0.15) is 26.6 Å². The summed E-state index contributed by atoms with van der Waals surface area (Å²) in [6, 6.07) is 22.0. The van der Waals surface area contributed by atoms with E-state index in [2.05, 4.69) is 34.2 Å². The Labute approximate surface area is 236 Å². The summed E-state index contributed by atoms with van der Waals surface area (Å²) < 4.78 is 7.61. The molecule has 2 aromatic carbocycles. The van der Waals surface area contributed by atoms with Crippen molar-refractivity contribution in [2.45, 2.75) is 24.4 Å². The highest BCUT2D eigenvalue weighted by molar-refractivity contribution is 7.98. The third-order valence-corrected chi connectivity index (χ3v) is 8.06. The third kappa shape index (κ3) is 6.65. The van der Waals surface area contributed by atoms with Gasteiger partial charge in [-0.15, -0.1) is 21.5 Å². The lowest BCUT2D eigenvalue weighted by Crippen LogP contribution is -2.36. The second-order valence-corrected chi connectivity index (χ2v) is 11.3. The number of likely N-dealkylation sites (N-methyl/N-ethyl adjacent to an activating group) is 1. The lowest BCUT2D eigenvalue weighted by atomic mass is 10.2. The van der Waals surface area contributed by atoms with Gasteiger partial charge in [-0.2, -0.15) is 0 Å². The van der Waals surface area contributed by atoms with Gasteiger partial charge in [-0.25, -0.2) is 4.98 Å². The lowest BCUT2D eigenvalue weighted by molar-refractivity contribution is 0.0726. The number of rotatable bonds is 11. The standard InChI is InChI=1S/C29H30N6O2S2/c1-21-11-13-23(14-12-21)35-27(25-10-7-17-37-25)31-32-29(35)39-20-26-30-24(19-38-26)28(36)34(16-15-33(2)3)18-22-8-5-4-6-9-22/h4-14,17,19H,15-16,18,20H2,1-3H3. The number of thioether (sulfide) groups is 1. The Morgan fingerprint density at radius 2 is 1.79 bits per heavy atom. The van der Waals surface area contributed by atoms with Crippen molar-refractivity contribution in [2.75, 3.05) is 27.2 Å². The number of amides is 1. The first kappa shape index (κ1) is 26.9. The van der Waals surface area contributed by atoms with Gasteiger partial charge < -0.3 is 14.2 Å². The van der Waals surface area contributed by atoms with Crippen LogP contribution in [0.15, 0.2) is 87.9 Å². The van der Waals surface area contributed by atoms with Crippen molar-refractivity contribution in [3.63, 3.8) is 0 Å². The zero-order valence-corrected chi connectivity index (χ0v) is 23.8. The molecule has 3 heterocycles. The van der Waals surface area contributed by atoms with E-state index in [-0.39, 0.29) is 5.91 Å². The number of hydrogen-bond acceptors (Lipinski definition) is 8. The van der Waals surface area contributed by atoms with Crippen molar-refractivity contribution in [1.82, 2.24) is 29.5 Å². The third-order valence-electron chi connectivity index (χ3n) is 6.08. The SMILES string of the molecule is Cc1ccc(-n2c(SCc3nc(C(=O)N(CCN(C)C)Cc4ccccc4)cs3)nnc2-c2ccco2)cc1. The van der Waals surface area contributed by atoms with Crippen molar-refractivity contribution >= 4 is 29.0 Å². The molecule has 0 N–H and O–H groups in total. The summed E-state index contributed by atoms with van der Waals surface area (Å²) in [4.78, 5) is 22.1. The summed E-state index contributed by atoms with van der Waals surface area (Å²) in [6.45, 7) is 4.00. The number of hydrogen-bond donors (Lipinski definition) is 0. The summed E-state index contributed by atoms with van der Waals surface area (Å²) in [5.41, 5.74) is 3.69. The van der Waals surface area contributed by atoms with Crippen LogP contribution in [0.5, 0.6) is 0 Å². The van der Waals surface area contributed by atoms with Crippen LogP contribution in [0.2, 0.25) is 0 Å². The Hall–Kier alpha value is -3.73.